The van der Waals surface area contributed by atoms with Gasteiger partial charge < -0.3 is 5.73 Å². The Hall–Kier alpha value is -2.07. The summed E-state index contributed by atoms with van der Waals surface area (Å²) in [6.45, 7) is 0. The van der Waals surface area contributed by atoms with Gasteiger partial charge in [-0.1, -0.05) is 11.6 Å². The SMILES string of the molecule is Nc1ccc(-n2cnc3ccc(Cl)nc32)cc1. The highest BCUT2D eigenvalue weighted by molar-refractivity contribution is 6.29. The Morgan fingerprint density at radius 3 is 2.59 bits per heavy atom. The van der Waals surface area contributed by atoms with Crippen molar-refractivity contribution in [2.75, 3.05) is 5.73 Å². The standard InChI is InChI=1S/C12H9ClN4/c13-11-6-5-10-12(16-11)17(7-15-10)9-3-1-8(14)2-4-9/h1-7H,14H2. The van der Waals surface area contributed by atoms with Crippen molar-refractivity contribution in [3.8, 4) is 5.69 Å². The fourth-order valence-corrected chi connectivity index (χ4v) is 1.84. The Morgan fingerprint density at radius 1 is 1.06 bits per heavy atom. The summed E-state index contributed by atoms with van der Waals surface area (Å²) in [5, 5.41) is 0.453. The quantitative estimate of drug-likeness (QED) is 0.529. The number of pyridine rings is 1. The van der Waals surface area contributed by atoms with Gasteiger partial charge in [0.15, 0.2) is 5.65 Å². The van der Waals surface area contributed by atoms with Crippen molar-refractivity contribution >= 4 is 28.5 Å². The Kier molecular flexibility index (Phi) is 2.23. The monoisotopic (exact) mass is 244 g/mol. The third-order valence-corrected chi connectivity index (χ3v) is 2.74. The van der Waals surface area contributed by atoms with Gasteiger partial charge in [-0.3, -0.25) is 4.57 Å². The van der Waals surface area contributed by atoms with Crippen LogP contribution in [0.1, 0.15) is 0 Å². The van der Waals surface area contributed by atoms with Crippen molar-refractivity contribution < 1.29 is 0 Å². The highest BCUT2D eigenvalue weighted by atomic mass is 35.5. The van der Waals surface area contributed by atoms with Gasteiger partial charge in [0.1, 0.15) is 17.0 Å². The molecule has 0 spiro atoms. The molecule has 5 heteroatoms. The zero-order valence-corrected chi connectivity index (χ0v) is 9.59. The van der Waals surface area contributed by atoms with Crippen LogP contribution in [0.4, 0.5) is 5.69 Å². The van der Waals surface area contributed by atoms with Gasteiger partial charge in [0, 0.05) is 11.4 Å². The molecule has 1 aromatic carbocycles. The lowest BCUT2D eigenvalue weighted by molar-refractivity contribution is 1.07. The molecule has 3 rings (SSSR count). The number of halogens is 1. The average molecular weight is 245 g/mol. The van der Waals surface area contributed by atoms with Crippen LogP contribution in [0, 0.1) is 0 Å². The van der Waals surface area contributed by atoms with Crippen molar-refractivity contribution in [3.63, 3.8) is 0 Å². The molecule has 17 heavy (non-hydrogen) atoms. The largest absolute Gasteiger partial charge is 0.399 e. The number of hydrogen-bond donors (Lipinski definition) is 1. The first-order valence-corrected chi connectivity index (χ1v) is 5.47. The first-order chi connectivity index (χ1) is 8.24. The van der Waals surface area contributed by atoms with E-state index < -0.39 is 0 Å². The van der Waals surface area contributed by atoms with Crippen LogP contribution in [-0.4, -0.2) is 14.5 Å². The third kappa shape index (κ3) is 1.72. The number of anilines is 1. The Labute approximate surface area is 103 Å². The van der Waals surface area contributed by atoms with Crippen LogP contribution in [0.2, 0.25) is 5.15 Å². The maximum atomic E-state index is 5.89. The molecule has 0 atom stereocenters. The van der Waals surface area contributed by atoms with Crippen LogP contribution in [0.3, 0.4) is 0 Å². The van der Waals surface area contributed by atoms with Crippen molar-refractivity contribution in [2.45, 2.75) is 0 Å². The normalized spacial score (nSPS) is 10.9. The molecule has 0 radical (unpaired) electrons. The van der Waals surface area contributed by atoms with Crippen LogP contribution < -0.4 is 5.73 Å². The second-order valence-corrected chi connectivity index (χ2v) is 4.07. The van der Waals surface area contributed by atoms with E-state index in [1.807, 2.05) is 34.9 Å². The van der Waals surface area contributed by atoms with Crippen molar-refractivity contribution in [1.29, 1.82) is 0 Å². The Bertz CT molecular complexity index is 673. The van der Waals surface area contributed by atoms with E-state index in [1.54, 1.807) is 12.4 Å². The van der Waals surface area contributed by atoms with Crippen LogP contribution in [0.5, 0.6) is 0 Å². The van der Waals surface area contributed by atoms with Gasteiger partial charge in [0.25, 0.3) is 0 Å². The molecule has 0 amide bonds. The van der Waals surface area contributed by atoms with E-state index in [0.29, 0.717) is 5.15 Å². The second kappa shape index (κ2) is 3.75. The van der Waals surface area contributed by atoms with Crippen molar-refractivity contribution in [2.24, 2.45) is 0 Å². The molecule has 84 valence electrons. The minimum Gasteiger partial charge on any atom is -0.399 e. The average Bonchev–Trinajstić information content (AvgIpc) is 2.73. The second-order valence-electron chi connectivity index (χ2n) is 3.68. The van der Waals surface area contributed by atoms with E-state index in [0.717, 1.165) is 22.5 Å². The third-order valence-electron chi connectivity index (χ3n) is 2.53. The number of nitrogens with two attached hydrogens (primary N) is 1. The minimum atomic E-state index is 0.453. The summed E-state index contributed by atoms with van der Waals surface area (Å²) in [5.74, 6) is 0. The Morgan fingerprint density at radius 2 is 1.82 bits per heavy atom. The number of hydrogen-bond acceptors (Lipinski definition) is 3. The highest BCUT2D eigenvalue weighted by Crippen LogP contribution is 2.19. The van der Waals surface area contributed by atoms with E-state index >= 15 is 0 Å². The molecule has 0 saturated carbocycles. The van der Waals surface area contributed by atoms with E-state index in [-0.39, 0.29) is 0 Å². The zero-order valence-electron chi connectivity index (χ0n) is 8.84. The molecular weight excluding hydrogens is 236 g/mol. The lowest BCUT2D eigenvalue weighted by Crippen LogP contribution is -1.94. The van der Waals surface area contributed by atoms with Gasteiger partial charge >= 0.3 is 0 Å². The summed E-state index contributed by atoms with van der Waals surface area (Å²) in [5.41, 5.74) is 8.89. The molecular formula is C12H9ClN4. The van der Waals surface area contributed by atoms with E-state index in [4.69, 9.17) is 17.3 Å². The summed E-state index contributed by atoms with van der Waals surface area (Å²) in [4.78, 5) is 8.54. The molecule has 4 nitrogen and oxygen atoms in total. The van der Waals surface area contributed by atoms with Crippen molar-refractivity contribution in [3.05, 3.63) is 47.9 Å². The maximum absolute atomic E-state index is 5.89. The van der Waals surface area contributed by atoms with Gasteiger partial charge in [0.05, 0.1) is 0 Å². The number of aromatic nitrogens is 3. The summed E-state index contributed by atoms with van der Waals surface area (Å²) in [7, 11) is 0. The molecule has 2 heterocycles. The summed E-state index contributed by atoms with van der Waals surface area (Å²) >= 11 is 5.89. The number of rotatable bonds is 1. The maximum Gasteiger partial charge on any atom is 0.166 e. The fourth-order valence-electron chi connectivity index (χ4n) is 1.69. The minimum absolute atomic E-state index is 0.453. The van der Waals surface area contributed by atoms with Crippen LogP contribution >= 0.6 is 11.6 Å². The van der Waals surface area contributed by atoms with Gasteiger partial charge in [-0.2, -0.15) is 0 Å². The molecule has 0 aliphatic heterocycles. The predicted octanol–water partition coefficient (Wildman–Crippen LogP) is 2.66. The smallest absolute Gasteiger partial charge is 0.166 e. The fraction of sp³-hybridized carbons (Fsp3) is 0. The summed E-state index contributed by atoms with van der Waals surface area (Å²) < 4.78 is 1.88. The summed E-state index contributed by atoms with van der Waals surface area (Å²) in [6.07, 6.45) is 1.72. The number of imidazole rings is 1. The molecule has 0 bridgehead atoms. The van der Waals surface area contributed by atoms with Crippen molar-refractivity contribution in [1.82, 2.24) is 14.5 Å². The van der Waals surface area contributed by atoms with E-state index in [1.165, 1.54) is 0 Å². The highest BCUT2D eigenvalue weighted by Gasteiger charge is 2.06. The van der Waals surface area contributed by atoms with Gasteiger partial charge in [-0.05, 0) is 36.4 Å². The predicted molar refractivity (Wildman–Crippen MR) is 68.3 cm³/mol. The molecule has 0 fully saturated rings. The molecule has 0 saturated heterocycles. The lowest BCUT2D eigenvalue weighted by Gasteiger charge is -2.03. The number of fused-ring (bicyclic) bond motifs is 1. The number of nitrogen functional groups attached to an aromatic ring is 1. The first-order valence-electron chi connectivity index (χ1n) is 5.09. The molecule has 2 aromatic heterocycles. The van der Waals surface area contributed by atoms with Crippen LogP contribution in [0.15, 0.2) is 42.7 Å². The number of benzene rings is 1. The van der Waals surface area contributed by atoms with Crippen LogP contribution in [-0.2, 0) is 0 Å². The van der Waals surface area contributed by atoms with Crippen LogP contribution in [0.25, 0.3) is 16.9 Å². The summed E-state index contributed by atoms with van der Waals surface area (Å²) in [6, 6.07) is 11.1. The topological polar surface area (TPSA) is 56.7 Å². The lowest BCUT2D eigenvalue weighted by atomic mass is 10.3. The van der Waals surface area contributed by atoms with E-state index in [9.17, 15) is 0 Å². The molecule has 3 aromatic rings. The molecule has 2 N–H and O–H groups in total. The first kappa shape index (κ1) is 10.1. The van der Waals surface area contributed by atoms with Gasteiger partial charge in [-0.15, -0.1) is 0 Å². The molecule has 0 aliphatic rings. The zero-order chi connectivity index (χ0) is 11.8. The number of nitrogens with zero attached hydrogens (tertiary/aromatic N) is 3. The van der Waals surface area contributed by atoms with Gasteiger partial charge in [0.2, 0.25) is 0 Å². The molecule has 0 aliphatic carbocycles. The van der Waals surface area contributed by atoms with E-state index in [2.05, 4.69) is 9.97 Å². The Balaban J connectivity index is 2.23. The molecule has 0 unspecified atom stereocenters. The van der Waals surface area contributed by atoms with Gasteiger partial charge in [-0.25, -0.2) is 9.97 Å².